The topological polar surface area (TPSA) is 120 Å². The number of ether oxygens (including phenoxy) is 5. The van der Waals surface area contributed by atoms with Gasteiger partial charge in [-0.1, -0.05) is 97.1 Å². The van der Waals surface area contributed by atoms with Gasteiger partial charge in [-0.25, -0.2) is 0 Å². The highest BCUT2D eigenvalue weighted by molar-refractivity contribution is 5.77. The molecule has 322 valence electrons. The summed E-state index contributed by atoms with van der Waals surface area (Å²) in [5, 5.41) is 0. The molecular weight excluding hydrogens is 761 g/mol. The summed E-state index contributed by atoms with van der Waals surface area (Å²) in [6.07, 6.45) is 2.17. The van der Waals surface area contributed by atoms with Gasteiger partial charge in [0, 0.05) is 39.3 Å². The van der Waals surface area contributed by atoms with Crippen LogP contribution in [0.15, 0.2) is 109 Å². The van der Waals surface area contributed by atoms with E-state index in [4.69, 9.17) is 28.7 Å². The van der Waals surface area contributed by atoms with Gasteiger partial charge in [0.1, 0.15) is 18.1 Å². The molecule has 2 heterocycles. The van der Waals surface area contributed by atoms with Crippen LogP contribution < -0.4 is 0 Å². The van der Waals surface area contributed by atoms with Crippen LogP contribution in [0.2, 0.25) is 0 Å². The summed E-state index contributed by atoms with van der Waals surface area (Å²) in [6, 6.07) is 33.7. The maximum Gasteiger partial charge on any atom is 0.325 e. The van der Waals surface area contributed by atoms with Crippen molar-refractivity contribution in [1.29, 1.82) is 0 Å². The lowest BCUT2D eigenvalue weighted by Crippen LogP contribution is -2.54. The molecule has 0 saturated carbocycles. The second-order valence-corrected chi connectivity index (χ2v) is 14.8. The average Bonchev–Trinajstić information content (AvgIpc) is 3.26. The first-order valence-electron chi connectivity index (χ1n) is 21.3. The highest BCUT2D eigenvalue weighted by atomic mass is 16.5. The summed E-state index contributed by atoms with van der Waals surface area (Å²) < 4.78 is 29.4. The molecule has 1 aliphatic heterocycles. The summed E-state index contributed by atoms with van der Waals surface area (Å²) in [5.74, 6) is -1.08. The van der Waals surface area contributed by atoms with Crippen molar-refractivity contribution < 1.29 is 38.1 Å². The molecule has 1 aliphatic rings. The molecule has 0 N–H and O–H groups in total. The minimum atomic E-state index is -0.772. The van der Waals surface area contributed by atoms with Crippen LogP contribution in [0, 0.1) is 0 Å². The van der Waals surface area contributed by atoms with Crippen LogP contribution in [0.5, 0.6) is 0 Å². The fourth-order valence-electron chi connectivity index (χ4n) is 7.43. The van der Waals surface area contributed by atoms with Gasteiger partial charge in [-0.2, -0.15) is 0 Å². The van der Waals surface area contributed by atoms with Crippen molar-refractivity contribution in [3.05, 3.63) is 137 Å². The van der Waals surface area contributed by atoms with E-state index in [0.29, 0.717) is 58.9 Å². The quantitative estimate of drug-likeness (QED) is 0.0698. The van der Waals surface area contributed by atoms with Crippen LogP contribution >= 0.6 is 0 Å². The smallest absolute Gasteiger partial charge is 0.325 e. The van der Waals surface area contributed by atoms with E-state index in [1.807, 2.05) is 109 Å². The highest BCUT2D eigenvalue weighted by Gasteiger charge is 2.34. The minimum absolute atomic E-state index is 0.0776. The monoisotopic (exact) mass is 822 g/mol. The number of rotatable bonds is 21. The number of hydrogen-bond acceptors (Lipinski definition) is 12. The molecule has 12 nitrogen and oxygen atoms in total. The summed E-state index contributed by atoms with van der Waals surface area (Å²) >= 11 is 0. The van der Waals surface area contributed by atoms with E-state index in [-0.39, 0.29) is 39.0 Å². The first kappa shape index (κ1) is 46.1. The molecule has 60 heavy (non-hydrogen) atoms. The van der Waals surface area contributed by atoms with Crippen molar-refractivity contribution in [2.45, 2.75) is 84.5 Å². The Labute approximate surface area is 355 Å². The summed E-state index contributed by atoms with van der Waals surface area (Å²) in [4.78, 5) is 52.8. The maximum absolute atomic E-state index is 13.9. The number of carbonyl (C=O) groups excluding carboxylic acids is 3. The molecule has 4 aromatic rings. The van der Waals surface area contributed by atoms with E-state index in [2.05, 4.69) is 21.9 Å². The standard InChI is InChI=1S/C48H62N4O8/c1-4-58-46(53)43(27-16-24-38-18-10-7-11-19-38)51-30-28-50(44(47(54)59-5-2)36-56-34-39-20-12-8-13-21-39)29-31-52(33-42-26-17-25-41(32-51)49-42)45(48(55)60-6-3)37-57-35-40-22-14-9-15-23-40/h7-15,17-23,25-26,43-45H,4-6,16,24,27-37H2,1-3H3. The lowest BCUT2D eigenvalue weighted by Gasteiger charge is -2.37. The number of nitrogens with zero attached hydrogens (tertiary/aromatic N) is 4. The van der Waals surface area contributed by atoms with Crippen LogP contribution in [0.3, 0.4) is 0 Å². The largest absolute Gasteiger partial charge is 0.465 e. The molecule has 3 atom stereocenters. The van der Waals surface area contributed by atoms with Crippen LogP contribution in [0.1, 0.15) is 61.7 Å². The Balaban J connectivity index is 1.49. The first-order valence-corrected chi connectivity index (χ1v) is 21.3. The predicted octanol–water partition coefficient (Wildman–Crippen LogP) is 6.25. The van der Waals surface area contributed by atoms with E-state index in [9.17, 15) is 14.4 Å². The number of aryl methyl sites for hydroxylation is 1. The molecule has 5 rings (SSSR count). The van der Waals surface area contributed by atoms with Crippen molar-refractivity contribution in [2.75, 3.05) is 59.2 Å². The Hall–Kier alpha value is -4.98. The third kappa shape index (κ3) is 14.9. The van der Waals surface area contributed by atoms with Gasteiger partial charge >= 0.3 is 17.9 Å². The fourth-order valence-corrected chi connectivity index (χ4v) is 7.43. The van der Waals surface area contributed by atoms with Crippen molar-refractivity contribution >= 4 is 17.9 Å². The molecule has 0 fully saturated rings. The zero-order valence-electron chi connectivity index (χ0n) is 35.5. The van der Waals surface area contributed by atoms with E-state index in [1.165, 1.54) is 5.56 Å². The number of fused-ring (bicyclic) bond motifs is 2. The van der Waals surface area contributed by atoms with Crippen molar-refractivity contribution in [1.82, 2.24) is 19.7 Å². The van der Waals surface area contributed by atoms with Gasteiger partial charge in [0.15, 0.2) is 0 Å². The molecule has 1 aromatic heterocycles. The summed E-state index contributed by atoms with van der Waals surface area (Å²) in [5.41, 5.74) is 4.71. The molecule has 3 unspecified atom stereocenters. The molecule has 0 radical (unpaired) electrons. The number of aromatic nitrogens is 1. The SMILES string of the molecule is CCOC(=O)C(COCc1ccccc1)N1CCN(C(CCCc2ccccc2)C(=O)OCC)Cc2cccc(n2)CN(C(COCc2ccccc2)C(=O)OCC)CC1. The number of pyridine rings is 1. The van der Waals surface area contributed by atoms with E-state index >= 15 is 0 Å². The molecule has 12 heteroatoms. The van der Waals surface area contributed by atoms with Gasteiger partial charge in [0.05, 0.1) is 57.6 Å². The lowest BCUT2D eigenvalue weighted by atomic mass is 10.0. The van der Waals surface area contributed by atoms with Gasteiger partial charge in [-0.05, 0) is 68.9 Å². The molecule has 0 spiro atoms. The normalized spacial score (nSPS) is 15.8. The zero-order valence-corrected chi connectivity index (χ0v) is 35.5. The van der Waals surface area contributed by atoms with Gasteiger partial charge in [-0.3, -0.25) is 34.1 Å². The van der Waals surface area contributed by atoms with Crippen LogP contribution in [-0.2, 0) is 70.8 Å². The van der Waals surface area contributed by atoms with Gasteiger partial charge < -0.3 is 23.7 Å². The number of hydrogen-bond donors (Lipinski definition) is 0. The van der Waals surface area contributed by atoms with Crippen LogP contribution in [-0.4, -0.2) is 115 Å². The zero-order chi connectivity index (χ0) is 42.4. The molecule has 0 aliphatic carbocycles. The fraction of sp³-hybridized carbons (Fsp3) is 0.458. The molecule has 0 saturated heterocycles. The van der Waals surface area contributed by atoms with Gasteiger partial charge in [0.2, 0.25) is 0 Å². The number of esters is 3. The van der Waals surface area contributed by atoms with Crippen LogP contribution in [0.4, 0.5) is 0 Å². The third-order valence-electron chi connectivity index (χ3n) is 10.5. The van der Waals surface area contributed by atoms with E-state index in [1.54, 1.807) is 13.8 Å². The Kier molecular flexibility index (Phi) is 19.7. The Morgan fingerprint density at radius 2 is 0.917 bits per heavy atom. The van der Waals surface area contributed by atoms with Crippen molar-refractivity contribution in [3.8, 4) is 0 Å². The average molecular weight is 823 g/mol. The highest BCUT2D eigenvalue weighted by Crippen LogP contribution is 2.20. The van der Waals surface area contributed by atoms with Gasteiger partial charge in [0.25, 0.3) is 0 Å². The lowest BCUT2D eigenvalue weighted by molar-refractivity contribution is -0.156. The van der Waals surface area contributed by atoms with Crippen LogP contribution in [0.25, 0.3) is 0 Å². The number of benzene rings is 3. The first-order chi connectivity index (χ1) is 29.4. The van der Waals surface area contributed by atoms with Gasteiger partial charge in [-0.15, -0.1) is 0 Å². The van der Waals surface area contributed by atoms with Crippen molar-refractivity contribution in [3.63, 3.8) is 0 Å². The second kappa shape index (κ2) is 25.6. The molecule has 3 aromatic carbocycles. The summed E-state index contributed by atoms with van der Waals surface area (Å²) in [6.45, 7) is 9.10. The third-order valence-corrected chi connectivity index (χ3v) is 10.5. The molecule has 0 amide bonds. The predicted molar refractivity (Wildman–Crippen MR) is 229 cm³/mol. The van der Waals surface area contributed by atoms with E-state index < -0.39 is 30.1 Å². The number of carbonyl (C=O) groups is 3. The molecule has 2 bridgehead atoms. The second-order valence-electron chi connectivity index (χ2n) is 14.8. The minimum Gasteiger partial charge on any atom is -0.465 e. The Morgan fingerprint density at radius 3 is 1.38 bits per heavy atom. The summed E-state index contributed by atoms with van der Waals surface area (Å²) in [7, 11) is 0. The van der Waals surface area contributed by atoms with Crippen molar-refractivity contribution in [2.24, 2.45) is 0 Å². The molecular formula is C48H62N4O8. The van der Waals surface area contributed by atoms with E-state index in [0.717, 1.165) is 35.4 Å². The maximum atomic E-state index is 13.9. The Morgan fingerprint density at radius 1 is 0.517 bits per heavy atom. The Bertz CT molecular complexity index is 1750.